The van der Waals surface area contributed by atoms with Gasteiger partial charge in [0.15, 0.2) is 5.82 Å². The molecule has 0 radical (unpaired) electrons. The van der Waals surface area contributed by atoms with Gasteiger partial charge in [0, 0.05) is 6.61 Å². The molecule has 0 amide bonds. The van der Waals surface area contributed by atoms with Gasteiger partial charge in [0.25, 0.3) is 0 Å². The molecule has 1 aromatic rings. The number of hydrogen-bond donors (Lipinski definition) is 2. The lowest BCUT2D eigenvalue weighted by atomic mass is 10.4. The van der Waals surface area contributed by atoms with Crippen LogP contribution in [0.3, 0.4) is 0 Å². The highest BCUT2D eigenvalue weighted by Gasteiger charge is 1.96. The number of ether oxygens (including phenoxy) is 1. The van der Waals surface area contributed by atoms with Gasteiger partial charge in [0.05, 0.1) is 24.7 Å². The molecule has 0 unspecified atom stereocenters. The molecule has 1 aromatic heterocycles. The summed E-state index contributed by atoms with van der Waals surface area (Å²) in [5, 5.41) is 0. The summed E-state index contributed by atoms with van der Waals surface area (Å²) in [4.78, 5) is 8.13. The van der Waals surface area contributed by atoms with E-state index in [0.29, 0.717) is 12.4 Å². The Morgan fingerprint density at radius 1 is 1.43 bits per heavy atom. The SMILES string of the molecule is CCCCOCc1cnc(NN)cn1. The van der Waals surface area contributed by atoms with E-state index in [2.05, 4.69) is 22.3 Å². The highest BCUT2D eigenvalue weighted by Crippen LogP contribution is 2.00. The molecule has 3 N–H and O–H groups in total. The van der Waals surface area contributed by atoms with Crippen molar-refractivity contribution >= 4 is 5.82 Å². The fraction of sp³-hybridized carbons (Fsp3) is 0.556. The van der Waals surface area contributed by atoms with Gasteiger partial charge >= 0.3 is 0 Å². The molecule has 0 saturated heterocycles. The van der Waals surface area contributed by atoms with Gasteiger partial charge in [-0.2, -0.15) is 0 Å². The fourth-order valence-electron chi connectivity index (χ4n) is 0.927. The van der Waals surface area contributed by atoms with Gasteiger partial charge in [0.1, 0.15) is 0 Å². The van der Waals surface area contributed by atoms with Gasteiger partial charge in [-0.1, -0.05) is 13.3 Å². The minimum absolute atomic E-state index is 0.512. The van der Waals surface area contributed by atoms with E-state index >= 15 is 0 Å². The first kappa shape index (κ1) is 10.9. The molecule has 14 heavy (non-hydrogen) atoms. The number of aromatic nitrogens is 2. The highest BCUT2D eigenvalue weighted by atomic mass is 16.5. The van der Waals surface area contributed by atoms with Crippen LogP contribution in [0.1, 0.15) is 25.5 Å². The summed E-state index contributed by atoms with van der Waals surface area (Å²) in [6, 6.07) is 0. The van der Waals surface area contributed by atoms with E-state index < -0.39 is 0 Å². The molecule has 1 heterocycles. The van der Waals surface area contributed by atoms with Gasteiger partial charge in [-0.25, -0.2) is 10.8 Å². The van der Waals surface area contributed by atoms with E-state index in [1.165, 1.54) is 0 Å². The number of rotatable bonds is 6. The summed E-state index contributed by atoms with van der Waals surface area (Å²) in [7, 11) is 0. The predicted octanol–water partition coefficient (Wildman–Crippen LogP) is 1.08. The minimum atomic E-state index is 0.512. The first-order valence-electron chi connectivity index (χ1n) is 4.72. The maximum absolute atomic E-state index is 5.38. The summed E-state index contributed by atoms with van der Waals surface area (Å²) in [6.07, 6.45) is 5.46. The van der Waals surface area contributed by atoms with E-state index in [9.17, 15) is 0 Å². The maximum atomic E-state index is 5.38. The van der Waals surface area contributed by atoms with E-state index in [0.717, 1.165) is 25.1 Å². The summed E-state index contributed by atoms with van der Waals surface area (Å²) in [5.41, 5.74) is 3.24. The van der Waals surface area contributed by atoms with Crippen LogP contribution in [0.4, 0.5) is 5.82 Å². The van der Waals surface area contributed by atoms with Crippen molar-refractivity contribution < 1.29 is 4.74 Å². The molecule has 0 aliphatic rings. The van der Waals surface area contributed by atoms with Crippen LogP contribution in [-0.4, -0.2) is 16.6 Å². The molecule has 0 spiro atoms. The molecule has 0 fully saturated rings. The van der Waals surface area contributed by atoms with Crippen molar-refractivity contribution in [2.45, 2.75) is 26.4 Å². The quantitative estimate of drug-likeness (QED) is 0.404. The molecule has 0 aromatic carbocycles. The summed E-state index contributed by atoms with van der Waals surface area (Å²) >= 11 is 0. The van der Waals surface area contributed by atoms with Crippen molar-refractivity contribution in [2.75, 3.05) is 12.0 Å². The molecule has 0 saturated carbocycles. The summed E-state index contributed by atoms with van der Waals surface area (Å²) in [5.74, 6) is 5.71. The number of hydrogen-bond acceptors (Lipinski definition) is 5. The van der Waals surface area contributed by atoms with Crippen LogP contribution < -0.4 is 11.3 Å². The Morgan fingerprint density at radius 2 is 2.29 bits per heavy atom. The number of anilines is 1. The summed E-state index contributed by atoms with van der Waals surface area (Å²) < 4.78 is 5.38. The molecule has 0 aliphatic carbocycles. The monoisotopic (exact) mass is 196 g/mol. The smallest absolute Gasteiger partial charge is 0.158 e. The molecule has 0 atom stereocenters. The number of nitrogens with two attached hydrogens (primary N) is 1. The van der Waals surface area contributed by atoms with Crippen LogP contribution in [0.25, 0.3) is 0 Å². The summed E-state index contributed by atoms with van der Waals surface area (Å²) in [6.45, 7) is 3.41. The molecule has 5 heteroatoms. The molecular weight excluding hydrogens is 180 g/mol. The van der Waals surface area contributed by atoms with Crippen molar-refractivity contribution in [3.05, 3.63) is 18.1 Å². The second kappa shape index (κ2) is 6.28. The van der Waals surface area contributed by atoms with E-state index in [-0.39, 0.29) is 0 Å². The highest BCUT2D eigenvalue weighted by molar-refractivity contribution is 5.28. The Morgan fingerprint density at radius 3 is 2.86 bits per heavy atom. The average Bonchev–Trinajstić information content (AvgIpc) is 2.25. The Hall–Kier alpha value is -1.20. The van der Waals surface area contributed by atoms with Crippen molar-refractivity contribution in [2.24, 2.45) is 5.84 Å². The molecular formula is C9H16N4O. The molecule has 0 aliphatic heterocycles. The Balaban J connectivity index is 2.29. The third-order valence-electron chi connectivity index (χ3n) is 1.75. The molecule has 1 rings (SSSR count). The number of nitrogen functional groups attached to an aromatic ring is 1. The van der Waals surface area contributed by atoms with Crippen molar-refractivity contribution in [3.63, 3.8) is 0 Å². The normalized spacial score (nSPS) is 10.1. The van der Waals surface area contributed by atoms with Crippen LogP contribution in [-0.2, 0) is 11.3 Å². The first-order valence-corrected chi connectivity index (χ1v) is 4.72. The molecule has 5 nitrogen and oxygen atoms in total. The van der Waals surface area contributed by atoms with Crippen molar-refractivity contribution in [1.82, 2.24) is 9.97 Å². The molecule has 0 bridgehead atoms. The third kappa shape index (κ3) is 3.68. The number of hydrazine groups is 1. The van der Waals surface area contributed by atoms with Crippen molar-refractivity contribution in [3.8, 4) is 0 Å². The lowest BCUT2D eigenvalue weighted by Crippen LogP contribution is -2.09. The second-order valence-corrected chi connectivity index (χ2v) is 2.94. The van der Waals surface area contributed by atoms with Crippen molar-refractivity contribution in [1.29, 1.82) is 0 Å². The number of unbranched alkanes of at least 4 members (excludes halogenated alkanes) is 1. The standard InChI is InChI=1S/C9H16N4O/c1-2-3-4-14-7-8-5-12-9(13-10)6-11-8/h5-6H,2-4,7,10H2,1H3,(H,12,13). The third-order valence-corrected chi connectivity index (χ3v) is 1.75. The van der Waals surface area contributed by atoms with Gasteiger partial charge in [0.2, 0.25) is 0 Å². The van der Waals surface area contributed by atoms with E-state index in [4.69, 9.17) is 10.6 Å². The fourth-order valence-corrected chi connectivity index (χ4v) is 0.927. The molecule has 78 valence electrons. The largest absolute Gasteiger partial charge is 0.375 e. The van der Waals surface area contributed by atoms with Gasteiger partial charge in [-0.15, -0.1) is 0 Å². The zero-order valence-electron chi connectivity index (χ0n) is 8.36. The number of nitrogens with zero attached hydrogens (tertiary/aromatic N) is 2. The lowest BCUT2D eigenvalue weighted by molar-refractivity contribution is 0.115. The van der Waals surface area contributed by atoms with Gasteiger partial charge in [-0.05, 0) is 6.42 Å². The van der Waals surface area contributed by atoms with Crippen LogP contribution in [0, 0.1) is 0 Å². The Bertz CT molecular complexity index is 249. The zero-order valence-corrected chi connectivity index (χ0v) is 8.36. The predicted molar refractivity (Wildman–Crippen MR) is 54.4 cm³/mol. The minimum Gasteiger partial charge on any atom is -0.375 e. The zero-order chi connectivity index (χ0) is 10.2. The van der Waals surface area contributed by atoms with E-state index in [1.54, 1.807) is 12.4 Å². The van der Waals surface area contributed by atoms with Gasteiger partial charge in [-0.3, -0.25) is 4.98 Å². The average molecular weight is 196 g/mol. The number of nitrogens with one attached hydrogen (secondary N) is 1. The van der Waals surface area contributed by atoms with Crippen LogP contribution in [0.2, 0.25) is 0 Å². The van der Waals surface area contributed by atoms with Crippen LogP contribution in [0.15, 0.2) is 12.4 Å². The first-order chi connectivity index (χ1) is 6.86. The van der Waals surface area contributed by atoms with Crippen LogP contribution in [0.5, 0.6) is 0 Å². The Kier molecular flexibility index (Phi) is 4.88. The van der Waals surface area contributed by atoms with Gasteiger partial charge < -0.3 is 10.2 Å². The second-order valence-electron chi connectivity index (χ2n) is 2.94. The van der Waals surface area contributed by atoms with E-state index in [1.807, 2.05) is 0 Å². The topological polar surface area (TPSA) is 73.1 Å². The Labute approximate surface area is 83.7 Å². The van der Waals surface area contributed by atoms with Crippen LogP contribution >= 0.6 is 0 Å². The lowest BCUT2D eigenvalue weighted by Gasteiger charge is -2.03. The maximum Gasteiger partial charge on any atom is 0.158 e.